The number of hydrogen-bond acceptors (Lipinski definition) is 3. The smallest absolute Gasteiger partial charge is 0.0641 e. The number of hydrogen-bond donors (Lipinski definition) is 3. The molecule has 0 bridgehead atoms. The van der Waals surface area contributed by atoms with Crippen molar-refractivity contribution in [1.82, 2.24) is 0 Å². The van der Waals surface area contributed by atoms with Gasteiger partial charge in [-0.1, -0.05) is 25.7 Å². The van der Waals surface area contributed by atoms with E-state index in [9.17, 15) is 5.11 Å². The molecule has 0 aliphatic heterocycles. The molecule has 0 aromatic carbocycles. The largest absolute Gasteiger partial charge is 0.396 e. The van der Waals surface area contributed by atoms with E-state index in [1.165, 1.54) is 0 Å². The second-order valence-corrected chi connectivity index (χ2v) is 4.21. The first kappa shape index (κ1) is 13.9. The van der Waals surface area contributed by atoms with Gasteiger partial charge in [-0.05, 0) is 26.2 Å². The van der Waals surface area contributed by atoms with Crippen LogP contribution in [0.25, 0.3) is 0 Å². The van der Waals surface area contributed by atoms with E-state index in [1.54, 1.807) is 6.92 Å². The Kier molecular flexibility index (Phi) is 8.14. The van der Waals surface area contributed by atoms with E-state index in [-0.39, 0.29) is 13.2 Å². The zero-order valence-corrected chi connectivity index (χ0v) is 9.21. The molecule has 86 valence electrons. The number of rotatable bonds is 9. The molecule has 0 aromatic heterocycles. The van der Waals surface area contributed by atoms with Crippen molar-refractivity contribution in [1.29, 1.82) is 0 Å². The monoisotopic (exact) mass is 204 g/mol. The van der Waals surface area contributed by atoms with Gasteiger partial charge in [0.1, 0.15) is 0 Å². The predicted octanol–water partition coefficient (Wildman–Crippen LogP) is 1.45. The summed E-state index contributed by atoms with van der Waals surface area (Å²) in [5, 5.41) is 27.0. The van der Waals surface area contributed by atoms with Gasteiger partial charge in [0.05, 0.1) is 5.60 Å². The van der Waals surface area contributed by atoms with Crippen molar-refractivity contribution >= 4 is 0 Å². The highest BCUT2D eigenvalue weighted by atomic mass is 16.3. The van der Waals surface area contributed by atoms with Crippen LogP contribution in [0.2, 0.25) is 0 Å². The first-order valence-electron chi connectivity index (χ1n) is 5.56. The average Bonchev–Trinajstić information content (AvgIpc) is 2.11. The molecule has 0 saturated carbocycles. The fraction of sp³-hybridized carbons (Fsp3) is 1.00. The normalized spacial score (nSPS) is 15.4. The minimum atomic E-state index is -0.703. The second kappa shape index (κ2) is 8.21. The van der Waals surface area contributed by atoms with E-state index in [0.717, 1.165) is 38.5 Å². The quantitative estimate of drug-likeness (QED) is 0.498. The highest BCUT2D eigenvalue weighted by Gasteiger charge is 2.18. The van der Waals surface area contributed by atoms with E-state index in [4.69, 9.17) is 10.2 Å². The van der Waals surface area contributed by atoms with Crippen molar-refractivity contribution in [2.24, 2.45) is 0 Å². The molecule has 1 unspecified atom stereocenters. The molecule has 14 heavy (non-hydrogen) atoms. The molecular formula is C11H24O3. The summed E-state index contributed by atoms with van der Waals surface area (Å²) in [5.41, 5.74) is -0.703. The standard InChI is InChI=1S/C11H24O3/c1-11(14,8-10-13)7-5-3-2-4-6-9-12/h12-14H,2-10H2,1H3. The maximum atomic E-state index is 9.72. The molecular weight excluding hydrogens is 180 g/mol. The van der Waals surface area contributed by atoms with Gasteiger partial charge < -0.3 is 15.3 Å². The van der Waals surface area contributed by atoms with Gasteiger partial charge in [0.25, 0.3) is 0 Å². The van der Waals surface area contributed by atoms with Gasteiger partial charge in [-0.2, -0.15) is 0 Å². The first-order valence-corrected chi connectivity index (χ1v) is 5.56. The fourth-order valence-corrected chi connectivity index (χ4v) is 1.51. The van der Waals surface area contributed by atoms with Crippen LogP contribution in [0.3, 0.4) is 0 Å². The topological polar surface area (TPSA) is 60.7 Å². The lowest BCUT2D eigenvalue weighted by molar-refractivity contribution is 0.0231. The Balaban J connectivity index is 3.26. The minimum absolute atomic E-state index is 0.0531. The Morgan fingerprint density at radius 1 is 0.786 bits per heavy atom. The van der Waals surface area contributed by atoms with Crippen molar-refractivity contribution in [3.63, 3.8) is 0 Å². The number of aliphatic hydroxyl groups excluding tert-OH is 2. The third kappa shape index (κ3) is 8.48. The zero-order valence-electron chi connectivity index (χ0n) is 9.21. The third-order valence-electron chi connectivity index (χ3n) is 2.52. The van der Waals surface area contributed by atoms with Crippen LogP contribution in [-0.2, 0) is 0 Å². The van der Waals surface area contributed by atoms with E-state index in [0.29, 0.717) is 6.42 Å². The molecule has 0 aliphatic rings. The molecule has 1 atom stereocenters. The van der Waals surface area contributed by atoms with E-state index in [1.807, 2.05) is 0 Å². The molecule has 0 amide bonds. The molecule has 3 N–H and O–H groups in total. The van der Waals surface area contributed by atoms with Crippen molar-refractivity contribution < 1.29 is 15.3 Å². The molecule has 0 fully saturated rings. The summed E-state index contributed by atoms with van der Waals surface area (Å²) < 4.78 is 0. The maximum absolute atomic E-state index is 9.72. The molecule has 0 rings (SSSR count). The average molecular weight is 204 g/mol. The minimum Gasteiger partial charge on any atom is -0.396 e. The van der Waals surface area contributed by atoms with Crippen LogP contribution in [-0.4, -0.2) is 34.1 Å². The maximum Gasteiger partial charge on any atom is 0.0641 e. The van der Waals surface area contributed by atoms with Crippen LogP contribution in [0.1, 0.15) is 51.9 Å². The molecule has 0 radical (unpaired) electrons. The van der Waals surface area contributed by atoms with Crippen LogP contribution in [0, 0.1) is 0 Å². The lowest BCUT2D eigenvalue weighted by atomic mass is 9.95. The van der Waals surface area contributed by atoms with E-state index < -0.39 is 5.60 Å². The van der Waals surface area contributed by atoms with Crippen LogP contribution in [0.5, 0.6) is 0 Å². The Hall–Kier alpha value is -0.120. The summed E-state index contributed by atoms with van der Waals surface area (Å²) in [4.78, 5) is 0. The third-order valence-corrected chi connectivity index (χ3v) is 2.52. The summed E-state index contributed by atoms with van der Waals surface area (Å²) >= 11 is 0. The Morgan fingerprint density at radius 3 is 1.93 bits per heavy atom. The highest BCUT2D eigenvalue weighted by Crippen LogP contribution is 2.18. The predicted molar refractivity (Wildman–Crippen MR) is 57.1 cm³/mol. The molecule has 0 aromatic rings. The molecule has 3 heteroatoms. The van der Waals surface area contributed by atoms with Crippen molar-refractivity contribution in [2.45, 2.75) is 57.5 Å². The Morgan fingerprint density at radius 2 is 1.36 bits per heavy atom. The fourth-order valence-electron chi connectivity index (χ4n) is 1.51. The molecule has 3 nitrogen and oxygen atoms in total. The summed E-state index contributed by atoms with van der Waals surface area (Å²) in [6.45, 7) is 2.11. The van der Waals surface area contributed by atoms with Crippen LogP contribution >= 0.6 is 0 Å². The van der Waals surface area contributed by atoms with Gasteiger partial charge in [0.2, 0.25) is 0 Å². The van der Waals surface area contributed by atoms with Gasteiger partial charge >= 0.3 is 0 Å². The summed E-state index contributed by atoms with van der Waals surface area (Å²) in [5.74, 6) is 0. The SMILES string of the molecule is CC(O)(CCO)CCCCCCCO. The molecule has 0 aliphatic carbocycles. The van der Waals surface area contributed by atoms with Gasteiger partial charge in [0.15, 0.2) is 0 Å². The lowest BCUT2D eigenvalue weighted by Crippen LogP contribution is -2.25. The van der Waals surface area contributed by atoms with Crippen LogP contribution in [0.15, 0.2) is 0 Å². The van der Waals surface area contributed by atoms with E-state index >= 15 is 0 Å². The second-order valence-electron chi connectivity index (χ2n) is 4.21. The summed E-state index contributed by atoms with van der Waals surface area (Å²) in [6.07, 6.45) is 6.39. The first-order chi connectivity index (χ1) is 6.62. The van der Waals surface area contributed by atoms with Gasteiger partial charge in [-0.3, -0.25) is 0 Å². The van der Waals surface area contributed by atoms with Crippen molar-refractivity contribution in [3.8, 4) is 0 Å². The zero-order chi connectivity index (χ0) is 10.9. The van der Waals surface area contributed by atoms with E-state index in [2.05, 4.69) is 0 Å². The molecule has 0 spiro atoms. The van der Waals surface area contributed by atoms with Crippen molar-refractivity contribution in [2.75, 3.05) is 13.2 Å². The lowest BCUT2D eigenvalue weighted by Gasteiger charge is -2.21. The van der Waals surface area contributed by atoms with Crippen LogP contribution < -0.4 is 0 Å². The molecule has 0 heterocycles. The van der Waals surface area contributed by atoms with Gasteiger partial charge in [-0.25, -0.2) is 0 Å². The Bertz CT molecular complexity index is 124. The van der Waals surface area contributed by atoms with Crippen molar-refractivity contribution in [3.05, 3.63) is 0 Å². The highest BCUT2D eigenvalue weighted by molar-refractivity contribution is 4.71. The number of unbranched alkanes of at least 4 members (excludes halogenated alkanes) is 4. The molecule has 0 saturated heterocycles. The van der Waals surface area contributed by atoms with Gasteiger partial charge in [0, 0.05) is 13.2 Å². The number of aliphatic hydroxyl groups is 3. The summed E-state index contributed by atoms with van der Waals surface area (Å²) in [7, 11) is 0. The van der Waals surface area contributed by atoms with Crippen LogP contribution in [0.4, 0.5) is 0 Å². The Labute approximate surface area is 86.8 Å². The van der Waals surface area contributed by atoms with Gasteiger partial charge in [-0.15, -0.1) is 0 Å². The summed E-state index contributed by atoms with van der Waals surface area (Å²) in [6, 6.07) is 0.